The number of hydrogen-bond acceptors (Lipinski definition) is 4. The maximum Gasteiger partial charge on any atom is 0.320 e. The van der Waals surface area contributed by atoms with E-state index in [2.05, 4.69) is 10.2 Å². The van der Waals surface area contributed by atoms with Crippen LogP contribution in [0.3, 0.4) is 0 Å². The van der Waals surface area contributed by atoms with Crippen molar-refractivity contribution in [2.24, 2.45) is 0 Å². The number of ether oxygens (including phenoxy) is 1. The van der Waals surface area contributed by atoms with E-state index in [0.29, 0.717) is 0 Å². The molecular formula is C10H20N2O3. The van der Waals surface area contributed by atoms with Crippen LogP contribution in [0, 0.1) is 0 Å². The Hall–Kier alpha value is -0.650. The van der Waals surface area contributed by atoms with Crippen molar-refractivity contribution in [2.45, 2.75) is 25.9 Å². The largest absolute Gasteiger partial charge is 0.480 e. The SMILES string of the molecule is CC(CN1CCOCC1)NC(C)C(=O)O. The standard InChI is InChI=1S/C10H20N2O3/c1-8(11-9(2)10(13)14)7-12-3-5-15-6-4-12/h8-9,11H,3-7H2,1-2H3,(H,13,14). The highest BCUT2D eigenvalue weighted by molar-refractivity contribution is 5.72. The minimum absolute atomic E-state index is 0.189. The second kappa shape index (κ2) is 6.05. The van der Waals surface area contributed by atoms with Gasteiger partial charge < -0.3 is 15.2 Å². The summed E-state index contributed by atoms with van der Waals surface area (Å²) in [5.41, 5.74) is 0. The summed E-state index contributed by atoms with van der Waals surface area (Å²) in [6.45, 7) is 7.98. The van der Waals surface area contributed by atoms with Gasteiger partial charge in [0.2, 0.25) is 0 Å². The van der Waals surface area contributed by atoms with Crippen LogP contribution in [0.1, 0.15) is 13.8 Å². The summed E-state index contributed by atoms with van der Waals surface area (Å²) in [5, 5.41) is 11.8. The average molecular weight is 216 g/mol. The third kappa shape index (κ3) is 4.59. The summed E-state index contributed by atoms with van der Waals surface area (Å²) in [6, 6.07) is -0.296. The molecule has 1 rings (SSSR count). The van der Waals surface area contributed by atoms with Crippen molar-refractivity contribution in [3.63, 3.8) is 0 Å². The van der Waals surface area contributed by atoms with E-state index in [9.17, 15) is 4.79 Å². The fourth-order valence-corrected chi connectivity index (χ4v) is 1.72. The predicted octanol–water partition coefficient (Wildman–Crippen LogP) is -0.230. The van der Waals surface area contributed by atoms with E-state index in [1.54, 1.807) is 6.92 Å². The van der Waals surface area contributed by atoms with Gasteiger partial charge in [-0.25, -0.2) is 0 Å². The maximum atomic E-state index is 10.6. The third-order valence-electron chi connectivity index (χ3n) is 2.54. The number of hydrogen-bond donors (Lipinski definition) is 2. The Labute approximate surface area is 90.4 Å². The fraction of sp³-hybridized carbons (Fsp3) is 0.900. The van der Waals surface area contributed by atoms with Crippen LogP contribution < -0.4 is 5.32 Å². The summed E-state index contributed by atoms with van der Waals surface area (Å²) in [4.78, 5) is 12.9. The minimum Gasteiger partial charge on any atom is -0.480 e. The second-order valence-electron chi connectivity index (χ2n) is 4.04. The van der Waals surface area contributed by atoms with Crippen LogP contribution in [-0.4, -0.2) is 60.9 Å². The molecule has 1 fully saturated rings. The molecule has 2 N–H and O–H groups in total. The molecule has 0 saturated carbocycles. The van der Waals surface area contributed by atoms with E-state index in [0.717, 1.165) is 32.8 Å². The van der Waals surface area contributed by atoms with Crippen LogP contribution >= 0.6 is 0 Å². The van der Waals surface area contributed by atoms with Gasteiger partial charge in [0.15, 0.2) is 0 Å². The number of nitrogens with zero attached hydrogens (tertiary/aromatic N) is 1. The molecule has 1 aliphatic heterocycles. The zero-order valence-corrected chi connectivity index (χ0v) is 9.40. The van der Waals surface area contributed by atoms with E-state index in [1.807, 2.05) is 6.92 Å². The average Bonchev–Trinajstić information content (AvgIpc) is 2.18. The number of nitrogens with one attached hydrogen (secondary N) is 1. The van der Waals surface area contributed by atoms with E-state index in [-0.39, 0.29) is 6.04 Å². The highest BCUT2D eigenvalue weighted by Gasteiger charge is 2.17. The molecule has 5 nitrogen and oxygen atoms in total. The normalized spacial score (nSPS) is 22.3. The highest BCUT2D eigenvalue weighted by atomic mass is 16.5. The van der Waals surface area contributed by atoms with E-state index < -0.39 is 12.0 Å². The van der Waals surface area contributed by atoms with Gasteiger partial charge in [0, 0.05) is 25.7 Å². The Morgan fingerprint density at radius 2 is 2.07 bits per heavy atom. The number of rotatable bonds is 5. The molecule has 88 valence electrons. The highest BCUT2D eigenvalue weighted by Crippen LogP contribution is 1.99. The molecule has 0 aromatic rings. The topological polar surface area (TPSA) is 61.8 Å². The minimum atomic E-state index is -0.802. The van der Waals surface area contributed by atoms with Gasteiger partial charge in [-0.05, 0) is 13.8 Å². The monoisotopic (exact) mass is 216 g/mol. The van der Waals surface area contributed by atoms with Crippen LogP contribution in [0.15, 0.2) is 0 Å². The van der Waals surface area contributed by atoms with Gasteiger partial charge in [-0.3, -0.25) is 9.69 Å². The molecule has 0 bridgehead atoms. The number of morpholine rings is 1. The first-order chi connectivity index (χ1) is 7.09. The number of carboxylic acids is 1. The molecular weight excluding hydrogens is 196 g/mol. The Kier molecular flexibility index (Phi) is 5.01. The van der Waals surface area contributed by atoms with E-state index >= 15 is 0 Å². The van der Waals surface area contributed by atoms with Gasteiger partial charge in [-0.1, -0.05) is 0 Å². The zero-order chi connectivity index (χ0) is 11.3. The third-order valence-corrected chi connectivity index (χ3v) is 2.54. The summed E-state index contributed by atoms with van der Waals surface area (Å²) < 4.78 is 5.24. The first-order valence-corrected chi connectivity index (χ1v) is 5.38. The van der Waals surface area contributed by atoms with Crippen molar-refractivity contribution >= 4 is 5.97 Å². The van der Waals surface area contributed by atoms with Crippen LogP contribution in [0.2, 0.25) is 0 Å². The van der Waals surface area contributed by atoms with Crippen molar-refractivity contribution in [1.82, 2.24) is 10.2 Å². The van der Waals surface area contributed by atoms with Gasteiger partial charge in [0.05, 0.1) is 13.2 Å². The molecule has 0 amide bonds. The molecule has 0 radical (unpaired) electrons. The quantitative estimate of drug-likeness (QED) is 0.664. The van der Waals surface area contributed by atoms with Crippen molar-refractivity contribution in [3.8, 4) is 0 Å². The molecule has 1 aliphatic rings. The first kappa shape index (κ1) is 12.4. The molecule has 0 aliphatic carbocycles. The number of carbonyl (C=O) groups is 1. The molecule has 0 spiro atoms. The first-order valence-electron chi connectivity index (χ1n) is 5.38. The van der Waals surface area contributed by atoms with Crippen molar-refractivity contribution in [1.29, 1.82) is 0 Å². The van der Waals surface area contributed by atoms with Crippen molar-refractivity contribution in [3.05, 3.63) is 0 Å². The van der Waals surface area contributed by atoms with Crippen LogP contribution in [-0.2, 0) is 9.53 Å². The number of aliphatic carboxylic acids is 1. The van der Waals surface area contributed by atoms with Gasteiger partial charge in [-0.2, -0.15) is 0 Å². The van der Waals surface area contributed by atoms with Gasteiger partial charge in [-0.15, -0.1) is 0 Å². The van der Waals surface area contributed by atoms with Gasteiger partial charge in [0.25, 0.3) is 0 Å². The maximum absolute atomic E-state index is 10.6. The lowest BCUT2D eigenvalue weighted by molar-refractivity contribution is -0.139. The van der Waals surface area contributed by atoms with E-state index in [1.165, 1.54) is 0 Å². The van der Waals surface area contributed by atoms with Crippen molar-refractivity contribution < 1.29 is 14.6 Å². The van der Waals surface area contributed by atoms with E-state index in [4.69, 9.17) is 9.84 Å². The number of carboxylic acid groups (broad SMARTS) is 1. The molecule has 5 heteroatoms. The summed E-state index contributed by atoms with van der Waals surface area (Å²) in [5.74, 6) is -0.802. The zero-order valence-electron chi connectivity index (χ0n) is 9.40. The lowest BCUT2D eigenvalue weighted by atomic mass is 10.2. The lowest BCUT2D eigenvalue weighted by Gasteiger charge is -2.30. The molecule has 2 unspecified atom stereocenters. The summed E-state index contributed by atoms with van der Waals surface area (Å²) >= 11 is 0. The summed E-state index contributed by atoms with van der Waals surface area (Å²) in [7, 11) is 0. The fourth-order valence-electron chi connectivity index (χ4n) is 1.72. The Morgan fingerprint density at radius 3 is 2.60 bits per heavy atom. The van der Waals surface area contributed by atoms with Crippen LogP contribution in [0.25, 0.3) is 0 Å². The smallest absolute Gasteiger partial charge is 0.320 e. The van der Waals surface area contributed by atoms with Crippen molar-refractivity contribution in [2.75, 3.05) is 32.8 Å². The second-order valence-corrected chi connectivity index (χ2v) is 4.04. The lowest BCUT2D eigenvalue weighted by Crippen LogP contribution is -2.48. The molecule has 2 atom stereocenters. The molecule has 15 heavy (non-hydrogen) atoms. The van der Waals surface area contributed by atoms with Gasteiger partial charge in [0.1, 0.15) is 6.04 Å². The Morgan fingerprint density at radius 1 is 1.47 bits per heavy atom. The Balaban J connectivity index is 2.22. The summed E-state index contributed by atoms with van der Waals surface area (Å²) in [6.07, 6.45) is 0. The molecule has 1 saturated heterocycles. The Bertz CT molecular complexity index is 205. The van der Waals surface area contributed by atoms with Crippen LogP contribution in [0.4, 0.5) is 0 Å². The predicted molar refractivity (Wildman–Crippen MR) is 57.0 cm³/mol. The van der Waals surface area contributed by atoms with Gasteiger partial charge >= 0.3 is 5.97 Å². The molecule has 0 aromatic carbocycles. The molecule has 0 aromatic heterocycles. The molecule has 1 heterocycles. The van der Waals surface area contributed by atoms with Crippen LogP contribution in [0.5, 0.6) is 0 Å².